The fourth-order valence-electron chi connectivity index (χ4n) is 3.27. The Morgan fingerprint density at radius 3 is 2.83 bits per heavy atom. The van der Waals surface area contributed by atoms with E-state index in [1.165, 1.54) is 0 Å². The average Bonchev–Trinajstić information content (AvgIpc) is 3.24. The van der Waals surface area contributed by atoms with E-state index in [1.807, 2.05) is 36.7 Å². The summed E-state index contributed by atoms with van der Waals surface area (Å²) in [4.78, 5) is 14.0. The molecule has 0 spiro atoms. The van der Waals surface area contributed by atoms with Gasteiger partial charge in [-0.05, 0) is 32.0 Å². The molecule has 1 aromatic carbocycles. The van der Waals surface area contributed by atoms with Crippen molar-refractivity contribution < 1.29 is 4.21 Å². The van der Waals surface area contributed by atoms with Gasteiger partial charge in [0.25, 0.3) is 0 Å². The number of aromatic amines is 2. The molecule has 5 nitrogen and oxygen atoms in total. The Kier molecular flexibility index (Phi) is 4.01. The van der Waals surface area contributed by atoms with Crippen LogP contribution in [0.4, 0.5) is 0 Å². The molecule has 1 atom stereocenters. The molecule has 120 valence electrons. The van der Waals surface area contributed by atoms with Crippen molar-refractivity contribution in [2.45, 2.75) is 29.5 Å². The van der Waals surface area contributed by atoms with Crippen LogP contribution in [-0.2, 0) is 17.3 Å². The van der Waals surface area contributed by atoms with Gasteiger partial charge in [-0.25, -0.2) is 4.98 Å². The summed E-state index contributed by atoms with van der Waals surface area (Å²) in [6, 6.07) is 8.08. The van der Waals surface area contributed by atoms with Crippen molar-refractivity contribution in [1.29, 1.82) is 0 Å². The number of benzene rings is 1. The molecule has 0 amide bonds. The fraction of sp³-hybridized carbons (Fsp3) is 0.353. The lowest BCUT2D eigenvalue weighted by Gasteiger charge is -2.30. The summed E-state index contributed by atoms with van der Waals surface area (Å²) < 4.78 is 13.0. The number of fused-ring (bicyclic) bond motifs is 1. The van der Waals surface area contributed by atoms with Crippen molar-refractivity contribution in [2.24, 2.45) is 0 Å². The monoisotopic (exact) mass is 328 g/mol. The number of hydrogen-bond acceptors (Lipinski definition) is 3. The smallest absolute Gasteiger partial charge is 0.120 e. The Bertz CT molecular complexity index is 803. The van der Waals surface area contributed by atoms with Gasteiger partial charge >= 0.3 is 0 Å². The Balaban J connectivity index is 1.43. The summed E-state index contributed by atoms with van der Waals surface area (Å²) in [5.74, 6) is 1.00. The maximum absolute atomic E-state index is 13.0. The van der Waals surface area contributed by atoms with E-state index in [1.54, 1.807) is 6.20 Å². The molecule has 4 rings (SSSR count). The summed E-state index contributed by atoms with van der Waals surface area (Å²) in [5.41, 5.74) is 1.06. The predicted molar refractivity (Wildman–Crippen MR) is 91.6 cm³/mol. The van der Waals surface area contributed by atoms with E-state index in [4.69, 9.17) is 0 Å². The summed E-state index contributed by atoms with van der Waals surface area (Å²) in [6.07, 6.45) is 7.48. The van der Waals surface area contributed by atoms with Crippen molar-refractivity contribution >= 4 is 21.7 Å². The number of likely N-dealkylation sites (tertiary alicyclic amines) is 1. The third-order valence-electron chi connectivity index (χ3n) is 4.53. The number of rotatable bonds is 4. The lowest BCUT2D eigenvalue weighted by Crippen LogP contribution is -2.37. The van der Waals surface area contributed by atoms with Crippen LogP contribution in [0.3, 0.4) is 0 Å². The topological polar surface area (TPSA) is 64.8 Å². The molecule has 3 aromatic rings. The Morgan fingerprint density at radius 1 is 1.22 bits per heavy atom. The van der Waals surface area contributed by atoms with Crippen molar-refractivity contribution in [3.05, 3.63) is 48.7 Å². The number of piperidine rings is 1. The highest BCUT2D eigenvalue weighted by atomic mass is 32.2. The highest BCUT2D eigenvalue weighted by Crippen LogP contribution is 2.27. The molecular weight excluding hydrogens is 308 g/mol. The van der Waals surface area contributed by atoms with Gasteiger partial charge in [0.05, 0.1) is 22.2 Å². The molecule has 6 heteroatoms. The lowest BCUT2D eigenvalue weighted by atomic mass is 10.1. The molecule has 0 aliphatic carbocycles. The molecule has 0 saturated carbocycles. The van der Waals surface area contributed by atoms with Crippen molar-refractivity contribution in [1.82, 2.24) is 19.9 Å². The Morgan fingerprint density at radius 2 is 2.04 bits per heavy atom. The second-order valence-corrected chi connectivity index (χ2v) is 7.71. The molecular formula is C17H20N4OS. The Labute approximate surface area is 137 Å². The second kappa shape index (κ2) is 6.29. The summed E-state index contributed by atoms with van der Waals surface area (Å²) >= 11 is 0. The minimum atomic E-state index is -0.948. The largest absolute Gasteiger partial charge is 0.360 e. The van der Waals surface area contributed by atoms with Crippen LogP contribution in [0, 0.1) is 0 Å². The maximum atomic E-state index is 13.0. The third-order valence-corrected chi connectivity index (χ3v) is 6.38. The van der Waals surface area contributed by atoms with Crippen LogP contribution in [0.5, 0.6) is 0 Å². The number of hydrogen-bond donors (Lipinski definition) is 2. The molecule has 1 aliphatic heterocycles. The highest BCUT2D eigenvalue weighted by molar-refractivity contribution is 7.86. The van der Waals surface area contributed by atoms with Crippen LogP contribution in [0.15, 0.2) is 47.8 Å². The number of H-pyrrole nitrogens is 2. The summed E-state index contributed by atoms with van der Waals surface area (Å²) in [6.45, 7) is 2.79. The third kappa shape index (κ3) is 2.96. The predicted octanol–water partition coefficient (Wildman–Crippen LogP) is 2.66. The van der Waals surface area contributed by atoms with Gasteiger partial charge in [-0.3, -0.25) is 9.11 Å². The van der Waals surface area contributed by atoms with Crippen LogP contribution >= 0.6 is 0 Å². The molecule has 1 saturated heterocycles. The van der Waals surface area contributed by atoms with Gasteiger partial charge in [0.2, 0.25) is 0 Å². The first-order valence-electron chi connectivity index (χ1n) is 7.98. The van der Waals surface area contributed by atoms with Crippen LogP contribution in [0.1, 0.15) is 18.7 Å². The standard InChI is InChI=1S/C17H20N4OS/c22-23(16-11-20-15-4-2-1-3-14(15)16)13-5-9-21(10-6-13)12-17-18-7-8-19-17/h1-4,7-8,11,13,20H,5-6,9-10,12H2,(H,18,19). The first-order valence-corrected chi connectivity index (χ1v) is 9.20. The SMILES string of the molecule is O=S(c1c[nH]c2ccccc12)C1CCN(Cc2ncc[nH]2)CC1. The minimum absolute atomic E-state index is 0.238. The molecule has 1 fully saturated rings. The van der Waals surface area contributed by atoms with Gasteiger partial charge in [-0.2, -0.15) is 0 Å². The van der Waals surface area contributed by atoms with Crippen LogP contribution in [0.2, 0.25) is 0 Å². The van der Waals surface area contributed by atoms with Gasteiger partial charge in [-0.1, -0.05) is 18.2 Å². The maximum Gasteiger partial charge on any atom is 0.120 e. The van der Waals surface area contributed by atoms with Crippen molar-refractivity contribution in [3.8, 4) is 0 Å². The quantitative estimate of drug-likeness (QED) is 0.774. The van der Waals surface area contributed by atoms with E-state index in [9.17, 15) is 4.21 Å². The van der Waals surface area contributed by atoms with E-state index in [2.05, 4.69) is 19.9 Å². The summed E-state index contributed by atoms with van der Waals surface area (Å²) in [5, 5.41) is 1.32. The van der Waals surface area contributed by atoms with Crippen LogP contribution in [0.25, 0.3) is 10.9 Å². The van der Waals surface area contributed by atoms with E-state index in [-0.39, 0.29) is 5.25 Å². The zero-order chi connectivity index (χ0) is 15.6. The minimum Gasteiger partial charge on any atom is -0.360 e. The van der Waals surface area contributed by atoms with Gasteiger partial charge in [0.1, 0.15) is 5.82 Å². The zero-order valence-electron chi connectivity index (χ0n) is 12.9. The van der Waals surface area contributed by atoms with E-state index < -0.39 is 10.8 Å². The molecule has 0 radical (unpaired) electrons. The molecule has 1 aliphatic rings. The molecule has 23 heavy (non-hydrogen) atoms. The number of para-hydroxylation sites is 1. The first kappa shape index (κ1) is 14.7. The van der Waals surface area contributed by atoms with E-state index >= 15 is 0 Å². The Hall–Kier alpha value is -1.92. The van der Waals surface area contributed by atoms with E-state index in [0.717, 1.165) is 54.1 Å². The molecule has 0 bridgehead atoms. The van der Waals surface area contributed by atoms with E-state index in [0.29, 0.717) is 0 Å². The van der Waals surface area contributed by atoms with Crippen molar-refractivity contribution in [2.75, 3.05) is 13.1 Å². The average molecular weight is 328 g/mol. The molecule has 2 N–H and O–H groups in total. The van der Waals surface area contributed by atoms with Gasteiger partial charge in [-0.15, -0.1) is 0 Å². The molecule has 1 unspecified atom stereocenters. The number of imidazole rings is 1. The highest BCUT2D eigenvalue weighted by Gasteiger charge is 2.26. The fourth-order valence-corrected chi connectivity index (χ4v) is 4.84. The number of aromatic nitrogens is 3. The van der Waals surface area contributed by atoms with Crippen LogP contribution in [-0.4, -0.2) is 42.4 Å². The normalized spacial score (nSPS) is 18.4. The van der Waals surface area contributed by atoms with Gasteiger partial charge in [0, 0.05) is 34.7 Å². The van der Waals surface area contributed by atoms with Crippen LogP contribution < -0.4 is 0 Å². The first-order chi connectivity index (χ1) is 11.3. The van der Waals surface area contributed by atoms with Gasteiger partial charge in [0.15, 0.2) is 0 Å². The number of nitrogens with zero attached hydrogens (tertiary/aromatic N) is 2. The number of nitrogens with one attached hydrogen (secondary N) is 2. The zero-order valence-corrected chi connectivity index (χ0v) is 13.7. The molecule has 2 aromatic heterocycles. The lowest BCUT2D eigenvalue weighted by molar-refractivity contribution is 0.219. The summed E-state index contributed by atoms with van der Waals surface area (Å²) in [7, 11) is -0.948. The second-order valence-electron chi connectivity index (χ2n) is 6.01. The van der Waals surface area contributed by atoms with Crippen molar-refractivity contribution in [3.63, 3.8) is 0 Å². The van der Waals surface area contributed by atoms with Gasteiger partial charge < -0.3 is 9.97 Å². The molecule has 3 heterocycles.